The van der Waals surface area contributed by atoms with Crippen LogP contribution in [0.2, 0.25) is 5.02 Å². The highest BCUT2D eigenvalue weighted by Crippen LogP contribution is 2.34. The Balaban J connectivity index is 3.05. The second-order valence-electron chi connectivity index (χ2n) is 3.78. The molecule has 0 atom stereocenters. The zero-order chi connectivity index (χ0) is 11.4. The van der Waals surface area contributed by atoms with Crippen LogP contribution in [0.5, 0.6) is 5.75 Å². The molecule has 1 rings (SSSR count). The summed E-state index contributed by atoms with van der Waals surface area (Å²) in [6, 6.07) is 2.99. The van der Waals surface area contributed by atoms with Gasteiger partial charge >= 0.3 is 0 Å². The van der Waals surface area contributed by atoms with Gasteiger partial charge in [-0.05, 0) is 24.5 Å². The standard InChI is InChI=1S/C12H16ClFO/c1-4-7-15-10-6-5-9(14)11(8(2)3)12(10)13/h5-6,8H,4,7H2,1-3H3. The molecule has 3 heteroatoms. The smallest absolute Gasteiger partial charge is 0.138 e. The van der Waals surface area contributed by atoms with Crippen molar-refractivity contribution in [1.82, 2.24) is 0 Å². The van der Waals surface area contributed by atoms with Crippen molar-refractivity contribution in [1.29, 1.82) is 0 Å². The average Bonchev–Trinajstić information content (AvgIpc) is 2.16. The summed E-state index contributed by atoms with van der Waals surface area (Å²) in [5.41, 5.74) is 0.533. The van der Waals surface area contributed by atoms with E-state index in [-0.39, 0.29) is 11.7 Å². The first-order valence-corrected chi connectivity index (χ1v) is 5.56. The van der Waals surface area contributed by atoms with Gasteiger partial charge in [-0.2, -0.15) is 0 Å². The third-order valence-electron chi connectivity index (χ3n) is 2.13. The SMILES string of the molecule is CCCOc1ccc(F)c(C(C)C)c1Cl. The number of hydrogen-bond acceptors (Lipinski definition) is 1. The lowest BCUT2D eigenvalue weighted by Gasteiger charge is -2.13. The highest BCUT2D eigenvalue weighted by Gasteiger charge is 2.15. The fourth-order valence-electron chi connectivity index (χ4n) is 1.40. The maximum absolute atomic E-state index is 13.5. The molecule has 1 aromatic carbocycles. The maximum atomic E-state index is 13.5. The summed E-state index contributed by atoms with van der Waals surface area (Å²) in [5.74, 6) is 0.366. The zero-order valence-electron chi connectivity index (χ0n) is 9.31. The molecule has 0 fully saturated rings. The van der Waals surface area contributed by atoms with Crippen LogP contribution >= 0.6 is 11.6 Å². The second kappa shape index (κ2) is 5.36. The van der Waals surface area contributed by atoms with Crippen molar-refractivity contribution < 1.29 is 9.13 Å². The van der Waals surface area contributed by atoms with Gasteiger partial charge in [0.2, 0.25) is 0 Å². The van der Waals surface area contributed by atoms with E-state index in [0.29, 0.717) is 22.9 Å². The monoisotopic (exact) mass is 230 g/mol. The number of rotatable bonds is 4. The van der Waals surface area contributed by atoms with Crippen molar-refractivity contribution in [3.05, 3.63) is 28.5 Å². The quantitative estimate of drug-likeness (QED) is 0.745. The molecule has 0 bridgehead atoms. The van der Waals surface area contributed by atoms with E-state index in [1.807, 2.05) is 20.8 Å². The topological polar surface area (TPSA) is 9.23 Å². The van der Waals surface area contributed by atoms with Gasteiger partial charge in [0.25, 0.3) is 0 Å². The Morgan fingerprint density at radius 1 is 1.40 bits per heavy atom. The molecule has 0 aliphatic heterocycles. The highest BCUT2D eigenvalue weighted by atomic mass is 35.5. The van der Waals surface area contributed by atoms with Gasteiger partial charge in [0.1, 0.15) is 11.6 Å². The van der Waals surface area contributed by atoms with E-state index in [9.17, 15) is 4.39 Å². The molecule has 0 N–H and O–H groups in total. The molecule has 1 aromatic rings. The minimum Gasteiger partial charge on any atom is -0.492 e. The van der Waals surface area contributed by atoms with Crippen molar-refractivity contribution in [3.8, 4) is 5.75 Å². The van der Waals surface area contributed by atoms with Gasteiger partial charge in [-0.1, -0.05) is 32.4 Å². The predicted molar refractivity (Wildman–Crippen MR) is 61.3 cm³/mol. The van der Waals surface area contributed by atoms with Gasteiger partial charge in [-0.15, -0.1) is 0 Å². The first kappa shape index (κ1) is 12.3. The van der Waals surface area contributed by atoms with Crippen LogP contribution in [0.25, 0.3) is 0 Å². The summed E-state index contributed by atoms with van der Waals surface area (Å²) in [5, 5.41) is 0.401. The summed E-state index contributed by atoms with van der Waals surface area (Å²) in [7, 11) is 0. The van der Waals surface area contributed by atoms with Crippen LogP contribution in [0, 0.1) is 5.82 Å². The summed E-state index contributed by atoms with van der Waals surface area (Å²) < 4.78 is 18.9. The average molecular weight is 231 g/mol. The molecule has 0 heterocycles. The van der Waals surface area contributed by atoms with Gasteiger partial charge in [0.15, 0.2) is 0 Å². The molecule has 1 nitrogen and oxygen atoms in total. The molecule has 0 spiro atoms. The Morgan fingerprint density at radius 2 is 2.07 bits per heavy atom. The lowest BCUT2D eigenvalue weighted by molar-refractivity contribution is 0.316. The summed E-state index contributed by atoms with van der Waals surface area (Å²) >= 11 is 6.08. The molecule has 0 aliphatic carbocycles. The largest absolute Gasteiger partial charge is 0.492 e. The lowest BCUT2D eigenvalue weighted by Crippen LogP contribution is -2.00. The fraction of sp³-hybridized carbons (Fsp3) is 0.500. The van der Waals surface area contributed by atoms with Gasteiger partial charge in [0.05, 0.1) is 11.6 Å². The van der Waals surface area contributed by atoms with Gasteiger partial charge in [-0.25, -0.2) is 4.39 Å². The third kappa shape index (κ3) is 2.85. The molecule has 0 unspecified atom stereocenters. The number of halogens is 2. The number of benzene rings is 1. The van der Waals surface area contributed by atoms with Crippen molar-refractivity contribution in [2.45, 2.75) is 33.1 Å². The molecule has 0 aromatic heterocycles. The fourth-order valence-corrected chi connectivity index (χ4v) is 1.83. The van der Waals surface area contributed by atoms with Crippen molar-refractivity contribution in [2.24, 2.45) is 0 Å². The molecule has 0 saturated carbocycles. The molecular weight excluding hydrogens is 215 g/mol. The van der Waals surface area contributed by atoms with Gasteiger partial charge in [0, 0.05) is 5.56 Å². The minimum absolute atomic E-state index is 0.0580. The van der Waals surface area contributed by atoms with Gasteiger partial charge in [-0.3, -0.25) is 0 Å². The molecular formula is C12H16ClFO. The van der Waals surface area contributed by atoms with Crippen LogP contribution in [0.3, 0.4) is 0 Å². The molecule has 0 aliphatic rings. The van der Waals surface area contributed by atoms with Crippen LogP contribution in [-0.4, -0.2) is 6.61 Å². The van der Waals surface area contributed by atoms with Crippen LogP contribution in [-0.2, 0) is 0 Å². The summed E-state index contributed by atoms with van der Waals surface area (Å²) in [6.07, 6.45) is 0.907. The van der Waals surface area contributed by atoms with E-state index >= 15 is 0 Å². The molecule has 0 saturated heterocycles. The highest BCUT2D eigenvalue weighted by molar-refractivity contribution is 6.32. The predicted octanol–water partition coefficient (Wildman–Crippen LogP) is 4.39. The van der Waals surface area contributed by atoms with E-state index in [4.69, 9.17) is 16.3 Å². The zero-order valence-corrected chi connectivity index (χ0v) is 10.1. The van der Waals surface area contributed by atoms with Crippen molar-refractivity contribution in [3.63, 3.8) is 0 Å². The van der Waals surface area contributed by atoms with E-state index < -0.39 is 0 Å². The minimum atomic E-state index is -0.265. The molecule has 0 amide bonds. The third-order valence-corrected chi connectivity index (χ3v) is 2.52. The number of ether oxygens (including phenoxy) is 1. The maximum Gasteiger partial charge on any atom is 0.138 e. The van der Waals surface area contributed by atoms with E-state index in [2.05, 4.69) is 0 Å². The van der Waals surface area contributed by atoms with E-state index in [1.165, 1.54) is 6.07 Å². The van der Waals surface area contributed by atoms with Crippen LogP contribution in [0.4, 0.5) is 4.39 Å². The van der Waals surface area contributed by atoms with E-state index in [1.54, 1.807) is 6.07 Å². The van der Waals surface area contributed by atoms with Crippen LogP contribution in [0.15, 0.2) is 12.1 Å². The van der Waals surface area contributed by atoms with Crippen molar-refractivity contribution >= 4 is 11.6 Å². The van der Waals surface area contributed by atoms with Crippen LogP contribution in [0.1, 0.15) is 38.7 Å². The Labute approximate surface area is 95.2 Å². The number of hydrogen-bond donors (Lipinski definition) is 0. The Morgan fingerprint density at radius 3 is 2.60 bits per heavy atom. The molecule has 84 valence electrons. The summed E-state index contributed by atoms with van der Waals surface area (Å²) in [6.45, 7) is 6.44. The lowest BCUT2D eigenvalue weighted by atomic mass is 10.0. The first-order chi connectivity index (χ1) is 7.07. The molecule has 0 radical (unpaired) electrons. The first-order valence-electron chi connectivity index (χ1n) is 5.18. The Bertz CT molecular complexity index is 337. The normalized spacial score (nSPS) is 10.8. The van der Waals surface area contributed by atoms with Crippen LogP contribution < -0.4 is 4.74 Å². The summed E-state index contributed by atoms with van der Waals surface area (Å²) in [4.78, 5) is 0. The Kier molecular flexibility index (Phi) is 4.40. The van der Waals surface area contributed by atoms with Crippen molar-refractivity contribution in [2.75, 3.05) is 6.61 Å². The Hall–Kier alpha value is -0.760. The van der Waals surface area contributed by atoms with E-state index in [0.717, 1.165) is 6.42 Å². The van der Waals surface area contributed by atoms with Gasteiger partial charge < -0.3 is 4.74 Å². The second-order valence-corrected chi connectivity index (χ2v) is 4.15. The molecule has 15 heavy (non-hydrogen) atoms.